The van der Waals surface area contributed by atoms with E-state index in [0.29, 0.717) is 0 Å². The number of isocyanates is 1. The van der Waals surface area contributed by atoms with Gasteiger partial charge in [-0.05, 0) is 31.2 Å². The van der Waals surface area contributed by atoms with Crippen molar-refractivity contribution in [2.24, 2.45) is 4.99 Å². The van der Waals surface area contributed by atoms with Gasteiger partial charge < -0.3 is 4.74 Å². The second kappa shape index (κ2) is 5.59. The summed E-state index contributed by atoms with van der Waals surface area (Å²) in [4.78, 5) is 16.0. The van der Waals surface area contributed by atoms with Crippen molar-refractivity contribution in [2.75, 3.05) is 13.4 Å². The van der Waals surface area contributed by atoms with Crippen LogP contribution in [0.5, 0.6) is 5.75 Å². The number of carbonyl (C=O) groups excluding carboxylic acids is 1. The highest BCUT2D eigenvalue weighted by Gasteiger charge is 2.37. The Morgan fingerprint density at radius 3 is 2.67 bits per heavy atom. The number of nitrogens with zero attached hydrogens (tertiary/aromatic N) is 1. The molecule has 1 saturated carbocycles. The fourth-order valence-electron chi connectivity index (χ4n) is 2.67. The van der Waals surface area contributed by atoms with Crippen LogP contribution in [0.4, 0.5) is 0 Å². The third-order valence-corrected chi connectivity index (χ3v) is 4.33. The van der Waals surface area contributed by atoms with Crippen molar-refractivity contribution in [3.05, 3.63) is 23.8 Å². The minimum absolute atomic E-state index is 0.413. The van der Waals surface area contributed by atoms with Gasteiger partial charge in [0.15, 0.2) is 0 Å². The minimum Gasteiger partial charge on any atom is -0.496 e. The molecule has 4 heteroatoms. The van der Waals surface area contributed by atoms with Crippen molar-refractivity contribution in [3.8, 4) is 5.75 Å². The van der Waals surface area contributed by atoms with Crippen LogP contribution in [0.2, 0.25) is 0 Å². The summed E-state index contributed by atoms with van der Waals surface area (Å²) in [5.41, 5.74) is 0.605. The highest BCUT2D eigenvalue weighted by Crippen LogP contribution is 2.46. The summed E-state index contributed by atoms with van der Waals surface area (Å²) < 4.78 is 5.47. The van der Waals surface area contributed by atoms with E-state index in [1.165, 1.54) is 0 Å². The molecule has 0 radical (unpaired) electrons. The summed E-state index contributed by atoms with van der Waals surface area (Å²) >= 11 is 1.67. The molecule has 0 aliphatic heterocycles. The van der Waals surface area contributed by atoms with Crippen LogP contribution in [0.1, 0.15) is 31.2 Å². The Bertz CT molecular complexity index is 475. The smallest absolute Gasteiger partial charge is 0.235 e. The molecule has 0 aromatic heterocycles. The number of thioether (sulfide) groups is 1. The van der Waals surface area contributed by atoms with Crippen LogP contribution in [0.3, 0.4) is 0 Å². The van der Waals surface area contributed by atoms with Gasteiger partial charge in [-0.2, -0.15) is 4.99 Å². The average molecular weight is 263 g/mol. The minimum atomic E-state index is -0.413. The first kappa shape index (κ1) is 13.2. The van der Waals surface area contributed by atoms with Gasteiger partial charge in [-0.1, -0.05) is 18.9 Å². The molecule has 1 aliphatic rings. The Morgan fingerprint density at radius 1 is 1.39 bits per heavy atom. The summed E-state index contributed by atoms with van der Waals surface area (Å²) in [6, 6.07) is 6.11. The highest BCUT2D eigenvalue weighted by molar-refractivity contribution is 7.98. The molecule has 0 unspecified atom stereocenters. The fourth-order valence-corrected chi connectivity index (χ4v) is 3.10. The van der Waals surface area contributed by atoms with E-state index in [0.717, 1.165) is 41.9 Å². The quantitative estimate of drug-likeness (QED) is 0.474. The zero-order valence-corrected chi connectivity index (χ0v) is 11.5. The lowest BCUT2D eigenvalue weighted by atomic mass is 9.88. The van der Waals surface area contributed by atoms with Gasteiger partial charge >= 0.3 is 0 Å². The maximum absolute atomic E-state index is 10.7. The monoisotopic (exact) mass is 263 g/mol. The van der Waals surface area contributed by atoms with Gasteiger partial charge in [0.25, 0.3) is 0 Å². The summed E-state index contributed by atoms with van der Waals surface area (Å²) in [5.74, 6) is 0.822. The predicted octanol–water partition coefficient (Wildman–Crippen LogP) is 3.52. The Balaban J connectivity index is 2.50. The maximum Gasteiger partial charge on any atom is 0.235 e. The van der Waals surface area contributed by atoms with E-state index in [4.69, 9.17) is 4.74 Å². The molecule has 1 aromatic carbocycles. The first-order valence-corrected chi connectivity index (χ1v) is 7.30. The third kappa shape index (κ3) is 2.31. The van der Waals surface area contributed by atoms with Crippen LogP contribution in [0.15, 0.2) is 28.1 Å². The zero-order chi connectivity index (χ0) is 13.0. The van der Waals surface area contributed by atoms with Gasteiger partial charge in [-0.3, -0.25) is 0 Å². The topological polar surface area (TPSA) is 38.7 Å². The van der Waals surface area contributed by atoms with E-state index in [1.807, 2.05) is 18.4 Å². The van der Waals surface area contributed by atoms with Crippen LogP contribution in [-0.4, -0.2) is 19.4 Å². The lowest BCUT2D eigenvalue weighted by molar-refractivity contribution is 0.378. The van der Waals surface area contributed by atoms with Gasteiger partial charge in [0.2, 0.25) is 6.08 Å². The first-order valence-electron chi connectivity index (χ1n) is 6.07. The highest BCUT2D eigenvalue weighted by atomic mass is 32.2. The van der Waals surface area contributed by atoms with Crippen molar-refractivity contribution < 1.29 is 9.53 Å². The zero-order valence-electron chi connectivity index (χ0n) is 10.7. The van der Waals surface area contributed by atoms with E-state index in [9.17, 15) is 4.79 Å². The molecule has 96 valence electrons. The van der Waals surface area contributed by atoms with Crippen LogP contribution in [0.25, 0.3) is 0 Å². The number of ether oxygens (including phenoxy) is 1. The second-order valence-corrected chi connectivity index (χ2v) is 5.39. The number of methoxy groups -OCH3 is 1. The molecular formula is C14H17NO2S. The van der Waals surface area contributed by atoms with Gasteiger partial charge in [0.05, 0.1) is 7.11 Å². The molecule has 1 aromatic rings. The van der Waals surface area contributed by atoms with Crippen molar-refractivity contribution >= 4 is 17.8 Å². The molecule has 0 spiro atoms. The number of rotatable bonds is 4. The SMILES string of the molecule is COc1cc(SC)ccc1C1(N=C=O)CCCC1. The van der Waals surface area contributed by atoms with Gasteiger partial charge in [0.1, 0.15) is 11.3 Å². The Labute approximate surface area is 112 Å². The first-order chi connectivity index (χ1) is 8.75. The largest absolute Gasteiger partial charge is 0.496 e. The molecule has 18 heavy (non-hydrogen) atoms. The lowest BCUT2D eigenvalue weighted by Gasteiger charge is -2.25. The van der Waals surface area contributed by atoms with E-state index in [1.54, 1.807) is 25.0 Å². The number of hydrogen-bond acceptors (Lipinski definition) is 4. The molecule has 0 atom stereocenters. The fraction of sp³-hybridized carbons (Fsp3) is 0.500. The van der Waals surface area contributed by atoms with Gasteiger partial charge in [0, 0.05) is 10.5 Å². The van der Waals surface area contributed by atoms with Crippen molar-refractivity contribution in [1.82, 2.24) is 0 Å². The lowest BCUT2D eigenvalue weighted by Crippen LogP contribution is -2.19. The Kier molecular flexibility index (Phi) is 4.10. The van der Waals surface area contributed by atoms with Gasteiger partial charge in [-0.15, -0.1) is 11.8 Å². The predicted molar refractivity (Wildman–Crippen MR) is 73.0 cm³/mol. The normalized spacial score (nSPS) is 17.2. The molecular weight excluding hydrogens is 246 g/mol. The number of hydrogen-bond donors (Lipinski definition) is 0. The Hall–Kier alpha value is -1.25. The van der Waals surface area contributed by atoms with E-state index >= 15 is 0 Å². The summed E-state index contributed by atoms with van der Waals surface area (Å²) in [6.45, 7) is 0. The third-order valence-electron chi connectivity index (χ3n) is 3.60. The molecule has 0 bridgehead atoms. The molecule has 3 nitrogen and oxygen atoms in total. The maximum atomic E-state index is 10.7. The standard InChI is InChI=1S/C14H17NO2S/c1-17-13-9-11(18-2)5-6-12(13)14(15-10-16)7-3-4-8-14/h5-6,9H,3-4,7-8H2,1-2H3. The number of benzene rings is 1. The van der Waals surface area contributed by atoms with E-state index in [2.05, 4.69) is 11.1 Å². The molecule has 1 aliphatic carbocycles. The van der Waals surface area contributed by atoms with Crippen molar-refractivity contribution in [2.45, 2.75) is 36.1 Å². The van der Waals surface area contributed by atoms with Crippen molar-refractivity contribution in [1.29, 1.82) is 0 Å². The summed E-state index contributed by atoms with van der Waals surface area (Å²) in [5, 5.41) is 0. The van der Waals surface area contributed by atoms with Crippen LogP contribution in [0, 0.1) is 0 Å². The molecule has 0 heterocycles. The molecule has 2 rings (SSSR count). The molecule has 0 amide bonds. The van der Waals surface area contributed by atoms with Crippen LogP contribution < -0.4 is 4.74 Å². The van der Waals surface area contributed by atoms with Gasteiger partial charge in [-0.25, -0.2) is 4.79 Å². The van der Waals surface area contributed by atoms with Crippen LogP contribution >= 0.6 is 11.8 Å². The van der Waals surface area contributed by atoms with Crippen LogP contribution in [-0.2, 0) is 10.3 Å². The van der Waals surface area contributed by atoms with E-state index in [-0.39, 0.29) is 0 Å². The summed E-state index contributed by atoms with van der Waals surface area (Å²) in [7, 11) is 1.66. The summed E-state index contributed by atoms with van der Waals surface area (Å²) in [6.07, 6.45) is 7.77. The Morgan fingerprint density at radius 2 is 2.11 bits per heavy atom. The number of aliphatic imine (C=N–C) groups is 1. The average Bonchev–Trinajstić information content (AvgIpc) is 2.88. The molecule has 1 fully saturated rings. The van der Waals surface area contributed by atoms with E-state index < -0.39 is 5.54 Å². The van der Waals surface area contributed by atoms with Crippen molar-refractivity contribution in [3.63, 3.8) is 0 Å². The second-order valence-electron chi connectivity index (χ2n) is 4.51. The molecule has 0 saturated heterocycles. The molecule has 0 N–H and O–H groups in total.